The number of hydrogen-bond donors (Lipinski definition) is 1. The van der Waals surface area contributed by atoms with Crippen molar-refractivity contribution in [2.75, 3.05) is 5.32 Å². The maximum atomic E-state index is 13.7. The number of thiophene rings is 1. The Morgan fingerprint density at radius 2 is 1.87 bits per heavy atom. The van der Waals surface area contributed by atoms with Crippen molar-refractivity contribution in [1.82, 2.24) is 14.6 Å². The molecule has 30 heavy (non-hydrogen) atoms. The fraction of sp³-hybridized carbons (Fsp3) is 0.0556. The Morgan fingerprint density at radius 1 is 1.10 bits per heavy atom. The quantitative estimate of drug-likeness (QED) is 0.347. The molecular formula is C18H8Cl3F3N4OS. The van der Waals surface area contributed by atoms with Crippen LogP contribution in [0, 0.1) is 0 Å². The average molecular weight is 492 g/mol. The summed E-state index contributed by atoms with van der Waals surface area (Å²) in [5, 5.41) is 8.12. The summed E-state index contributed by atoms with van der Waals surface area (Å²) in [4.78, 5) is 17.3. The minimum atomic E-state index is -4.75. The van der Waals surface area contributed by atoms with Crippen LogP contribution in [0.4, 0.5) is 18.9 Å². The van der Waals surface area contributed by atoms with E-state index in [-0.39, 0.29) is 32.1 Å². The molecule has 0 fully saturated rings. The monoisotopic (exact) mass is 490 g/mol. The van der Waals surface area contributed by atoms with Crippen molar-refractivity contribution >= 4 is 63.4 Å². The highest BCUT2D eigenvalue weighted by Gasteiger charge is 2.36. The topological polar surface area (TPSA) is 59.3 Å². The molecule has 3 aromatic heterocycles. The highest BCUT2D eigenvalue weighted by Crippen LogP contribution is 2.35. The van der Waals surface area contributed by atoms with E-state index in [4.69, 9.17) is 34.8 Å². The van der Waals surface area contributed by atoms with Gasteiger partial charge in [-0.05, 0) is 35.7 Å². The number of fused-ring (bicyclic) bond motifs is 1. The summed E-state index contributed by atoms with van der Waals surface area (Å²) in [6, 6.07) is 8.51. The molecule has 4 aromatic rings. The third kappa shape index (κ3) is 3.85. The van der Waals surface area contributed by atoms with Crippen LogP contribution in [-0.2, 0) is 6.18 Å². The van der Waals surface area contributed by atoms with Crippen LogP contribution in [0.5, 0.6) is 0 Å². The smallest absolute Gasteiger partial charge is 0.320 e. The minimum Gasteiger partial charge on any atom is -0.320 e. The summed E-state index contributed by atoms with van der Waals surface area (Å²) in [6.07, 6.45) is -4.75. The van der Waals surface area contributed by atoms with E-state index in [1.165, 1.54) is 29.5 Å². The Balaban J connectivity index is 1.82. The van der Waals surface area contributed by atoms with Gasteiger partial charge >= 0.3 is 6.18 Å². The van der Waals surface area contributed by atoms with E-state index >= 15 is 0 Å². The molecule has 0 aliphatic rings. The van der Waals surface area contributed by atoms with Crippen LogP contribution >= 0.6 is 46.1 Å². The van der Waals surface area contributed by atoms with Crippen LogP contribution < -0.4 is 5.32 Å². The van der Waals surface area contributed by atoms with Gasteiger partial charge in [0.2, 0.25) is 0 Å². The number of alkyl halides is 3. The lowest BCUT2D eigenvalue weighted by Gasteiger charge is -2.10. The molecule has 0 saturated heterocycles. The number of carbonyl (C=O) groups is 1. The first-order valence-electron chi connectivity index (χ1n) is 8.12. The number of nitrogens with one attached hydrogen (secondary N) is 1. The zero-order chi connectivity index (χ0) is 21.6. The van der Waals surface area contributed by atoms with Crippen molar-refractivity contribution in [3.63, 3.8) is 0 Å². The van der Waals surface area contributed by atoms with Gasteiger partial charge in [-0.1, -0.05) is 40.9 Å². The lowest BCUT2D eigenvalue weighted by molar-refractivity contribution is -0.142. The average Bonchev–Trinajstić information content (AvgIpc) is 3.32. The van der Waals surface area contributed by atoms with Crippen LogP contribution in [0.1, 0.15) is 16.2 Å². The number of amides is 1. The van der Waals surface area contributed by atoms with Gasteiger partial charge in [-0.2, -0.15) is 18.3 Å². The number of nitrogens with zero attached hydrogens (tertiary/aromatic N) is 3. The lowest BCUT2D eigenvalue weighted by atomic mass is 10.2. The number of halogens is 6. The van der Waals surface area contributed by atoms with Crippen molar-refractivity contribution in [3.05, 3.63) is 68.2 Å². The van der Waals surface area contributed by atoms with Gasteiger partial charge in [-0.3, -0.25) is 4.79 Å². The van der Waals surface area contributed by atoms with E-state index in [1.54, 1.807) is 17.5 Å². The van der Waals surface area contributed by atoms with E-state index in [2.05, 4.69) is 15.4 Å². The second-order valence-corrected chi connectivity index (χ2v) is 8.12. The molecule has 1 amide bonds. The van der Waals surface area contributed by atoms with Crippen molar-refractivity contribution in [2.24, 2.45) is 0 Å². The molecule has 0 unspecified atom stereocenters. The molecule has 1 aromatic carbocycles. The molecule has 0 aliphatic heterocycles. The number of rotatable bonds is 3. The number of carbonyl (C=O) groups excluding carboxylic acids is 1. The maximum absolute atomic E-state index is 13.7. The first-order valence-corrected chi connectivity index (χ1v) is 10.1. The molecular weight excluding hydrogens is 484 g/mol. The Kier molecular flexibility index (Phi) is 5.39. The number of benzene rings is 1. The Labute approximate surface area is 186 Å². The predicted molar refractivity (Wildman–Crippen MR) is 111 cm³/mol. The van der Waals surface area contributed by atoms with Crippen LogP contribution in [0.2, 0.25) is 15.1 Å². The van der Waals surface area contributed by atoms with Crippen LogP contribution in [-0.4, -0.2) is 20.5 Å². The highest BCUT2D eigenvalue weighted by atomic mass is 35.5. The van der Waals surface area contributed by atoms with Crippen molar-refractivity contribution in [1.29, 1.82) is 0 Å². The molecule has 3 heterocycles. The molecule has 0 atom stereocenters. The first kappa shape index (κ1) is 20.9. The molecule has 5 nitrogen and oxygen atoms in total. The first-order chi connectivity index (χ1) is 14.1. The Morgan fingerprint density at radius 3 is 2.50 bits per heavy atom. The van der Waals surface area contributed by atoms with E-state index in [1.807, 2.05) is 0 Å². The Bertz CT molecular complexity index is 1270. The molecule has 0 bridgehead atoms. The SMILES string of the molecule is O=C(Nc1ccc(Cl)c(Cl)c1)c1nn2c(C(F)(F)F)cc(-c3cccs3)nc2c1Cl. The molecule has 0 aliphatic carbocycles. The maximum Gasteiger partial charge on any atom is 0.433 e. The molecule has 12 heteroatoms. The standard InChI is InChI=1S/C18H8Cl3F3N4OS/c19-9-4-3-8(6-10(9)20)25-17(29)15-14(21)16-26-11(12-2-1-5-30-12)7-13(18(22,23)24)28(16)27-15/h1-7H,(H,25,29). The lowest BCUT2D eigenvalue weighted by Crippen LogP contribution is -2.15. The fourth-order valence-corrected chi connectivity index (χ4v) is 3.88. The van der Waals surface area contributed by atoms with Crippen molar-refractivity contribution in [3.8, 4) is 10.6 Å². The largest absolute Gasteiger partial charge is 0.433 e. The second kappa shape index (κ2) is 7.73. The summed E-state index contributed by atoms with van der Waals surface area (Å²) in [7, 11) is 0. The molecule has 1 N–H and O–H groups in total. The number of anilines is 1. The van der Waals surface area contributed by atoms with Crippen molar-refractivity contribution < 1.29 is 18.0 Å². The van der Waals surface area contributed by atoms with E-state index in [9.17, 15) is 18.0 Å². The summed E-state index contributed by atoms with van der Waals surface area (Å²) in [6.45, 7) is 0. The normalized spacial score (nSPS) is 11.8. The van der Waals surface area contributed by atoms with Gasteiger partial charge in [0.05, 0.1) is 20.6 Å². The second-order valence-electron chi connectivity index (χ2n) is 5.98. The number of aromatic nitrogens is 3. The van der Waals surface area contributed by atoms with Gasteiger partial charge in [0.1, 0.15) is 5.02 Å². The Hall–Kier alpha value is -2.33. The summed E-state index contributed by atoms with van der Waals surface area (Å²) >= 11 is 19.2. The van der Waals surface area contributed by atoms with E-state index in [0.717, 1.165) is 6.07 Å². The van der Waals surface area contributed by atoms with E-state index in [0.29, 0.717) is 9.39 Å². The van der Waals surface area contributed by atoms with Crippen molar-refractivity contribution in [2.45, 2.75) is 6.18 Å². The van der Waals surface area contributed by atoms with Crippen LogP contribution in [0.15, 0.2) is 41.8 Å². The molecule has 154 valence electrons. The molecule has 0 saturated carbocycles. The third-order valence-corrected chi connectivity index (χ3v) is 5.97. The predicted octanol–water partition coefficient (Wildman–Crippen LogP) is 6.69. The van der Waals surface area contributed by atoms with Gasteiger partial charge in [-0.15, -0.1) is 11.3 Å². The van der Waals surface area contributed by atoms with Gasteiger partial charge in [0.25, 0.3) is 5.91 Å². The fourth-order valence-electron chi connectivity index (χ4n) is 2.65. The van der Waals surface area contributed by atoms with Gasteiger partial charge in [0.15, 0.2) is 17.0 Å². The van der Waals surface area contributed by atoms with Gasteiger partial charge in [0, 0.05) is 5.69 Å². The number of hydrogen-bond acceptors (Lipinski definition) is 4. The van der Waals surface area contributed by atoms with Gasteiger partial charge in [-0.25, -0.2) is 9.50 Å². The zero-order valence-electron chi connectivity index (χ0n) is 14.5. The summed E-state index contributed by atoms with van der Waals surface area (Å²) < 4.78 is 41.5. The van der Waals surface area contributed by atoms with E-state index < -0.39 is 23.5 Å². The summed E-state index contributed by atoms with van der Waals surface area (Å²) in [5.74, 6) is -0.824. The molecule has 0 spiro atoms. The summed E-state index contributed by atoms with van der Waals surface area (Å²) in [5.41, 5.74) is -1.46. The molecule has 4 rings (SSSR count). The third-order valence-electron chi connectivity index (χ3n) is 3.99. The van der Waals surface area contributed by atoms with Crippen LogP contribution in [0.25, 0.3) is 16.2 Å². The zero-order valence-corrected chi connectivity index (χ0v) is 17.6. The highest BCUT2D eigenvalue weighted by molar-refractivity contribution is 7.13. The van der Waals surface area contributed by atoms with Crippen LogP contribution in [0.3, 0.4) is 0 Å². The minimum absolute atomic E-state index is 0.0723. The van der Waals surface area contributed by atoms with Gasteiger partial charge < -0.3 is 5.32 Å². The molecule has 0 radical (unpaired) electrons.